The Morgan fingerprint density at radius 1 is 0.714 bits per heavy atom. The van der Waals surface area contributed by atoms with E-state index in [1.54, 1.807) is 12.1 Å². The topological polar surface area (TPSA) is 50.3 Å². The van der Waals surface area contributed by atoms with E-state index >= 15 is 0 Å². The van der Waals surface area contributed by atoms with Crippen molar-refractivity contribution in [3.8, 4) is 28.7 Å². The first-order chi connectivity index (χ1) is 23.7. The predicted molar refractivity (Wildman–Crippen MR) is 182 cm³/mol. The summed E-state index contributed by atoms with van der Waals surface area (Å²) in [5.41, 5.74) is 11.8. The second-order valence-corrected chi connectivity index (χ2v) is 13.2. The Hall–Kier alpha value is -4.97. The van der Waals surface area contributed by atoms with Gasteiger partial charge in [0.2, 0.25) is 0 Å². The predicted octanol–water partition coefficient (Wildman–Crippen LogP) is 9.45. The summed E-state index contributed by atoms with van der Waals surface area (Å²) in [6.07, 6.45) is 8.16. The Bertz CT molecular complexity index is 2050. The Morgan fingerprint density at radius 2 is 1.22 bits per heavy atom. The fraction of sp³-hybridized carbons (Fsp3) is 0.220. The molecular formula is C41H30N6OPt. The van der Waals surface area contributed by atoms with E-state index in [1.807, 2.05) is 12.1 Å². The number of allylic oxidation sites excluding steroid dienone is 4. The number of nitrogens with zero attached hydrogens (tertiary/aromatic N) is 6. The van der Waals surface area contributed by atoms with Crippen molar-refractivity contribution in [3.05, 3.63) is 149 Å². The monoisotopic (exact) mass is 817 g/mol. The zero-order valence-electron chi connectivity index (χ0n) is 26.6. The van der Waals surface area contributed by atoms with Crippen LogP contribution < -0.4 is 14.5 Å². The van der Waals surface area contributed by atoms with Crippen molar-refractivity contribution in [1.29, 1.82) is 5.26 Å². The van der Waals surface area contributed by atoms with Gasteiger partial charge < -0.3 is 24.3 Å². The molecule has 8 heteroatoms. The van der Waals surface area contributed by atoms with Crippen molar-refractivity contribution in [1.82, 2.24) is 9.80 Å². The van der Waals surface area contributed by atoms with E-state index in [4.69, 9.17) is 11.3 Å². The quantitative estimate of drug-likeness (QED) is 0.165. The van der Waals surface area contributed by atoms with Gasteiger partial charge in [0.1, 0.15) is 5.66 Å². The van der Waals surface area contributed by atoms with Crippen LogP contribution in [0.25, 0.3) is 16.0 Å². The molecule has 49 heavy (non-hydrogen) atoms. The summed E-state index contributed by atoms with van der Waals surface area (Å²) < 4.78 is 6.41. The number of benzene rings is 4. The third kappa shape index (κ3) is 4.22. The Balaban J connectivity index is 0.00000325. The number of fused-ring (bicyclic) bond motifs is 21. The first-order valence-electron chi connectivity index (χ1n) is 16.8. The zero-order valence-corrected chi connectivity index (χ0v) is 28.9. The van der Waals surface area contributed by atoms with E-state index in [9.17, 15) is 5.26 Å². The summed E-state index contributed by atoms with van der Waals surface area (Å²) in [6, 6.07) is 34.3. The van der Waals surface area contributed by atoms with E-state index in [0.717, 1.165) is 62.7 Å². The van der Waals surface area contributed by atoms with Crippen LogP contribution in [0.1, 0.15) is 68.1 Å². The van der Waals surface area contributed by atoms with Gasteiger partial charge in [-0.2, -0.15) is 5.26 Å². The maximum atomic E-state index is 10.1. The Labute approximate surface area is 301 Å². The molecule has 0 fully saturated rings. The van der Waals surface area contributed by atoms with Gasteiger partial charge >= 0.3 is 21.1 Å². The van der Waals surface area contributed by atoms with Gasteiger partial charge in [-0.25, -0.2) is 0 Å². The van der Waals surface area contributed by atoms with Gasteiger partial charge in [0, 0.05) is 45.4 Å². The third-order valence-corrected chi connectivity index (χ3v) is 10.7. The van der Waals surface area contributed by atoms with Gasteiger partial charge in [-0.15, -0.1) is 55.4 Å². The van der Waals surface area contributed by atoms with E-state index < -0.39 is 5.66 Å². The van der Waals surface area contributed by atoms with Crippen LogP contribution in [0, 0.1) is 43.4 Å². The van der Waals surface area contributed by atoms with Crippen molar-refractivity contribution >= 4 is 17.1 Å². The molecule has 0 unspecified atom stereocenters. The number of hydrogen-bond acceptors (Lipinski definition) is 6. The van der Waals surface area contributed by atoms with E-state index in [2.05, 4.69) is 105 Å². The molecule has 0 radical (unpaired) electrons. The number of ether oxygens (including phenoxy) is 1. The molecule has 7 nitrogen and oxygen atoms in total. The van der Waals surface area contributed by atoms with Gasteiger partial charge in [0.05, 0.1) is 18.3 Å². The molecule has 0 atom stereocenters. The van der Waals surface area contributed by atoms with Gasteiger partial charge in [-0.1, -0.05) is 59.8 Å². The second kappa shape index (κ2) is 11.3. The molecule has 0 saturated heterocycles. The van der Waals surface area contributed by atoms with Crippen LogP contribution in [0.4, 0.5) is 17.1 Å². The summed E-state index contributed by atoms with van der Waals surface area (Å²) in [6.45, 7) is 12.5. The molecular weight excluding hydrogens is 788 g/mol. The molecule has 0 aromatic heterocycles. The maximum Gasteiger partial charge on any atom is 4.00 e. The van der Waals surface area contributed by atoms with E-state index in [1.165, 1.54) is 45.0 Å². The largest absolute Gasteiger partial charge is 4.00 e. The summed E-state index contributed by atoms with van der Waals surface area (Å²) in [4.78, 5) is 13.4. The number of rotatable bonds is 0. The molecule has 3 aliphatic carbocycles. The summed E-state index contributed by atoms with van der Waals surface area (Å²) in [5, 5.41) is 10.1. The van der Waals surface area contributed by atoms with Crippen molar-refractivity contribution < 1.29 is 25.8 Å². The fourth-order valence-electron chi connectivity index (χ4n) is 8.75. The summed E-state index contributed by atoms with van der Waals surface area (Å²) in [5.74, 6) is 0.847. The molecule has 3 heterocycles. The molecule has 0 saturated carbocycles. The van der Waals surface area contributed by atoms with Gasteiger partial charge in [-0.3, -0.25) is 4.85 Å². The summed E-state index contributed by atoms with van der Waals surface area (Å²) in [7, 11) is 0. The molecule has 240 valence electrons. The SMILES string of the molecule is [C-]#[N+]c1cc2[c-]c(c1)N1[CH-]N(C3=C1CCCC3)C1(c3ccccc3-c3ccccc31)N1[CH-]N(C3=C1CCCC3)c1[c-]c(cc(C#N)c1)O2.[Pt+4]. The zero-order chi connectivity index (χ0) is 32.0. The van der Waals surface area contributed by atoms with Crippen LogP contribution >= 0.6 is 0 Å². The number of anilines is 2. The maximum absolute atomic E-state index is 10.1. The van der Waals surface area contributed by atoms with Crippen LogP contribution in [0.15, 0.2) is 95.6 Å². The normalized spacial score (nSPS) is 19.2. The van der Waals surface area contributed by atoms with E-state index in [0.29, 0.717) is 22.7 Å². The Kier molecular flexibility index (Phi) is 6.94. The smallest absolute Gasteiger partial charge is 0.510 e. The Morgan fingerprint density at radius 3 is 1.78 bits per heavy atom. The van der Waals surface area contributed by atoms with Crippen molar-refractivity contribution in [2.45, 2.75) is 57.0 Å². The number of hydrogen-bond donors (Lipinski definition) is 0. The van der Waals surface area contributed by atoms with Crippen LogP contribution in [-0.2, 0) is 26.7 Å². The first-order valence-corrected chi connectivity index (χ1v) is 16.8. The van der Waals surface area contributed by atoms with Crippen LogP contribution in [-0.4, -0.2) is 9.80 Å². The van der Waals surface area contributed by atoms with Crippen LogP contribution in [0.5, 0.6) is 11.5 Å². The minimum absolute atomic E-state index is 0. The van der Waals surface area contributed by atoms with Crippen molar-refractivity contribution in [3.63, 3.8) is 0 Å². The molecule has 3 aliphatic heterocycles. The molecule has 0 amide bonds. The average molecular weight is 818 g/mol. The minimum Gasteiger partial charge on any atom is -0.510 e. The van der Waals surface area contributed by atoms with Gasteiger partial charge in [0.25, 0.3) is 0 Å². The molecule has 10 rings (SSSR count). The molecule has 4 aromatic rings. The second-order valence-electron chi connectivity index (χ2n) is 13.2. The van der Waals surface area contributed by atoms with Crippen molar-refractivity contribution in [2.75, 3.05) is 9.80 Å². The van der Waals surface area contributed by atoms with Crippen LogP contribution in [0.2, 0.25) is 0 Å². The fourth-order valence-corrected chi connectivity index (χ4v) is 8.75. The average Bonchev–Trinajstić information content (AvgIpc) is 3.80. The van der Waals surface area contributed by atoms with E-state index in [-0.39, 0.29) is 21.1 Å². The molecule has 4 aromatic carbocycles. The standard InChI is InChI=1S/C41H30N6O.Pt/c1-43-28-20-30-23-32(21-28)48-31-19-27(24-42)18-29(22-31)44-25-46(39-16-8-6-14-37(39)44)41(47-26-45(30)38-15-7-9-17-40(38)47)35-12-4-2-10-33(35)34-11-3-5-13-36(34)41;/h2-5,10-13,18-21,25-26H,6-9,14-17H2;/q-4;+4. The van der Waals surface area contributed by atoms with Gasteiger partial charge in [0.15, 0.2) is 0 Å². The van der Waals surface area contributed by atoms with Crippen molar-refractivity contribution in [2.24, 2.45) is 0 Å². The molecule has 0 N–H and O–H groups in total. The molecule has 1 spiro atoms. The first kappa shape index (κ1) is 30.1. The minimum atomic E-state index is -0.719. The number of nitriles is 1. The van der Waals surface area contributed by atoms with Gasteiger partial charge in [-0.05, 0) is 62.5 Å². The molecule has 8 bridgehead atoms. The summed E-state index contributed by atoms with van der Waals surface area (Å²) >= 11 is 0. The van der Waals surface area contributed by atoms with Crippen LogP contribution in [0.3, 0.4) is 0 Å². The third-order valence-electron chi connectivity index (χ3n) is 10.7. The molecule has 6 aliphatic rings.